The molecule has 152 valence electrons. The fourth-order valence-electron chi connectivity index (χ4n) is 2.77. The van der Waals surface area contributed by atoms with Gasteiger partial charge in [0.05, 0.1) is 12.4 Å². The van der Waals surface area contributed by atoms with Crippen molar-refractivity contribution in [1.29, 1.82) is 0 Å². The summed E-state index contributed by atoms with van der Waals surface area (Å²) in [7, 11) is 1.61. The van der Waals surface area contributed by atoms with Crippen LogP contribution in [0.3, 0.4) is 0 Å². The molecule has 1 heterocycles. The molecule has 0 radical (unpaired) electrons. The molecular formula is C21H23BrN4O2S. The number of nitrogens with one attached hydrogen (secondary N) is 1. The van der Waals surface area contributed by atoms with Gasteiger partial charge in [-0.05, 0) is 24.1 Å². The summed E-state index contributed by atoms with van der Waals surface area (Å²) in [5, 5.41) is 12.3. The van der Waals surface area contributed by atoms with Crippen LogP contribution in [0.2, 0.25) is 0 Å². The third-order valence-electron chi connectivity index (χ3n) is 4.25. The van der Waals surface area contributed by atoms with E-state index in [0.29, 0.717) is 13.2 Å². The van der Waals surface area contributed by atoms with E-state index in [1.54, 1.807) is 7.11 Å². The maximum Gasteiger partial charge on any atom is 0.230 e. The predicted molar refractivity (Wildman–Crippen MR) is 119 cm³/mol. The van der Waals surface area contributed by atoms with Crippen LogP contribution in [0.4, 0.5) is 0 Å². The Bertz CT molecular complexity index is 916. The Morgan fingerprint density at radius 3 is 2.62 bits per heavy atom. The van der Waals surface area contributed by atoms with E-state index < -0.39 is 0 Å². The van der Waals surface area contributed by atoms with Gasteiger partial charge in [0.2, 0.25) is 5.91 Å². The third kappa shape index (κ3) is 6.42. The van der Waals surface area contributed by atoms with E-state index in [2.05, 4.69) is 48.1 Å². The molecule has 29 heavy (non-hydrogen) atoms. The van der Waals surface area contributed by atoms with E-state index in [1.165, 1.54) is 17.3 Å². The summed E-state index contributed by atoms with van der Waals surface area (Å²) in [5.74, 6) is 1.04. The fraction of sp³-hybridized carbons (Fsp3) is 0.286. The van der Waals surface area contributed by atoms with Crippen LogP contribution in [-0.4, -0.2) is 46.7 Å². The number of carbonyl (C=O) groups is 1. The summed E-state index contributed by atoms with van der Waals surface area (Å²) in [5.41, 5.74) is 2.24. The number of aryl methyl sites for hydroxylation is 1. The minimum absolute atomic E-state index is 0.0464. The number of halogens is 1. The molecule has 2 aromatic carbocycles. The molecule has 0 aliphatic carbocycles. The average Bonchev–Trinajstić information content (AvgIpc) is 3.15. The van der Waals surface area contributed by atoms with E-state index in [-0.39, 0.29) is 11.7 Å². The number of hydrogen-bond acceptors (Lipinski definition) is 5. The predicted octanol–water partition coefficient (Wildman–Crippen LogP) is 3.81. The summed E-state index contributed by atoms with van der Waals surface area (Å²) < 4.78 is 8.06. The van der Waals surface area contributed by atoms with Gasteiger partial charge in [0.1, 0.15) is 0 Å². The zero-order chi connectivity index (χ0) is 20.5. The Kier molecular flexibility index (Phi) is 8.27. The smallest absolute Gasteiger partial charge is 0.230 e. The van der Waals surface area contributed by atoms with Gasteiger partial charge in [0, 0.05) is 30.2 Å². The molecule has 0 fully saturated rings. The highest BCUT2D eigenvalue weighted by Gasteiger charge is 2.16. The molecule has 0 saturated heterocycles. The minimum Gasteiger partial charge on any atom is -0.383 e. The highest BCUT2D eigenvalue weighted by atomic mass is 79.9. The lowest BCUT2D eigenvalue weighted by Gasteiger charge is -2.11. The second-order valence-corrected chi connectivity index (χ2v) is 8.19. The zero-order valence-electron chi connectivity index (χ0n) is 16.2. The Hall–Kier alpha value is -2.16. The van der Waals surface area contributed by atoms with E-state index in [0.717, 1.165) is 34.0 Å². The van der Waals surface area contributed by atoms with Crippen LogP contribution in [-0.2, 0) is 22.5 Å². The van der Waals surface area contributed by atoms with Gasteiger partial charge < -0.3 is 14.6 Å². The van der Waals surface area contributed by atoms with Crippen molar-refractivity contribution < 1.29 is 9.53 Å². The normalized spacial score (nSPS) is 10.8. The molecule has 3 rings (SSSR count). The zero-order valence-corrected chi connectivity index (χ0v) is 18.6. The van der Waals surface area contributed by atoms with Crippen LogP contribution >= 0.6 is 27.7 Å². The summed E-state index contributed by atoms with van der Waals surface area (Å²) in [6, 6.07) is 18.3. The Balaban J connectivity index is 1.76. The van der Waals surface area contributed by atoms with Gasteiger partial charge >= 0.3 is 0 Å². The first kappa shape index (κ1) is 21.5. The van der Waals surface area contributed by atoms with E-state index in [4.69, 9.17) is 4.74 Å². The van der Waals surface area contributed by atoms with Gasteiger partial charge in [0.25, 0.3) is 0 Å². The standard InChI is InChI=1S/C21H23BrN4O2S/c1-28-14-12-23-19(27)15-29-21-25-24-20(17-7-9-18(22)10-8-17)26(21)13-11-16-5-3-2-4-6-16/h2-10H,11-15H2,1H3,(H,23,27). The van der Waals surface area contributed by atoms with Gasteiger partial charge in [0.15, 0.2) is 11.0 Å². The van der Waals surface area contributed by atoms with Gasteiger partial charge in [-0.15, -0.1) is 10.2 Å². The number of methoxy groups -OCH3 is 1. The molecule has 1 N–H and O–H groups in total. The highest BCUT2D eigenvalue weighted by Crippen LogP contribution is 2.25. The molecule has 6 nitrogen and oxygen atoms in total. The molecule has 0 aliphatic rings. The molecule has 0 aliphatic heterocycles. The van der Waals surface area contributed by atoms with E-state index in [9.17, 15) is 4.79 Å². The summed E-state index contributed by atoms with van der Waals surface area (Å²) >= 11 is 4.86. The molecular weight excluding hydrogens is 452 g/mol. The first-order valence-corrected chi connectivity index (χ1v) is 11.1. The Morgan fingerprint density at radius 2 is 1.90 bits per heavy atom. The quantitative estimate of drug-likeness (QED) is 0.357. The van der Waals surface area contributed by atoms with Crippen molar-refractivity contribution in [3.8, 4) is 11.4 Å². The van der Waals surface area contributed by atoms with Crippen molar-refractivity contribution in [3.05, 3.63) is 64.6 Å². The average molecular weight is 475 g/mol. The van der Waals surface area contributed by atoms with Crippen LogP contribution in [0.5, 0.6) is 0 Å². The number of nitrogens with zero attached hydrogens (tertiary/aromatic N) is 3. The van der Waals surface area contributed by atoms with Gasteiger partial charge in [-0.2, -0.15) is 0 Å². The molecule has 0 saturated carbocycles. The number of hydrogen-bond donors (Lipinski definition) is 1. The monoisotopic (exact) mass is 474 g/mol. The second kappa shape index (κ2) is 11.1. The third-order valence-corrected chi connectivity index (χ3v) is 5.74. The van der Waals surface area contributed by atoms with Crippen molar-refractivity contribution in [2.24, 2.45) is 0 Å². The number of rotatable bonds is 10. The molecule has 3 aromatic rings. The first-order chi connectivity index (χ1) is 14.2. The van der Waals surface area contributed by atoms with Crippen LogP contribution in [0, 0.1) is 0 Å². The van der Waals surface area contributed by atoms with Crippen molar-refractivity contribution in [3.63, 3.8) is 0 Å². The summed E-state index contributed by atoms with van der Waals surface area (Å²) in [6.07, 6.45) is 0.857. The van der Waals surface area contributed by atoms with Crippen molar-refractivity contribution in [2.45, 2.75) is 18.1 Å². The van der Waals surface area contributed by atoms with Crippen molar-refractivity contribution in [1.82, 2.24) is 20.1 Å². The minimum atomic E-state index is -0.0464. The van der Waals surface area contributed by atoms with Gasteiger partial charge in [-0.1, -0.05) is 70.2 Å². The molecule has 8 heteroatoms. The van der Waals surface area contributed by atoms with E-state index in [1.807, 2.05) is 42.5 Å². The number of amides is 1. The fourth-order valence-corrected chi connectivity index (χ4v) is 3.83. The number of aromatic nitrogens is 3. The summed E-state index contributed by atoms with van der Waals surface area (Å²) in [4.78, 5) is 12.0. The highest BCUT2D eigenvalue weighted by molar-refractivity contribution is 9.10. The number of benzene rings is 2. The van der Waals surface area contributed by atoms with Crippen molar-refractivity contribution >= 4 is 33.6 Å². The molecule has 0 atom stereocenters. The maximum absolute atomic E-state index is 12.0. The van der Waals surface area contributed by atoms with Crippen molar-refractivity contribution in [2.75, 3.05) is 26.0 Å². The molecule has 1 aromatic heterocycles. The van der Waals surface area contributed by atoms with Crippen LogP contribution in [0.25, 0.3) is 11.4 Å². The summed E-state index contributed by atoms with van der Waals surface area (Å²) in [6.45, 7) is 1.73. The van der Waals surface area contributed by atoms with Crippen LogP contribution < -0.4 is 5.32 Å². The van der Waals surface area contributed by atoms with Crippen LogP contribution in [0.15, 0.2) is 64.2 Å². The maximum atomic E-state index is 12.0. The van der Waals surface area contributed by atoms with Gasteiger partial charge in [-0.25, -0.2) is 0 Å². The molecule has 0 spiro atoms. The molecule has 1 amide bonds. The lowest BCUT2D eigenvalue weighted by atomic mass is 10.1. The van der Waals surface area contributed by atoms with E-state index >= 15 is 0 Å². The lowest BCUT2D eigenvalue weighted by Crippen LogP contribution is -2.28. The molecule has 0 unspecified atom stereocenters. The number of ether oxygens (including phenoxy) is 1. The second-order valence-electron chi connectivity index (χ2n) is 6.33. The largest absolute Gasteiger partial charge is 0.383 e. The SMILES string of the molecule is COCCNC(=O)CSc1nnc(-c2ccc(Br)cc2)n1CCc1ccccc1. The Morgan fingerprint density at radius 1 is 1.14 bits per heavy atom. The molecule has 0 bridgehead atoms. The topological polar surface area (TPSA) is 69.0 Å². The number of carbonyl (C=O) groups excluding carboxylic acids is 1. The lowest BCUT2D eigenvalue weighted by molar-refractivity contribution is -0.118. The van der Waals surface area contributed by atoms with Crippen LogP contribution in [0.1, 0.15) is 5.56 Å². The number of thioether (sulfide) groups is 1. The van der Waals surface area contributed by atoms with Gasteiger partial charge in [-0.3, -0.25) is 4.79 Å². The first-order valence-electron chi connectivity index (χ1n) is 9.29. The Labute approximate surface area is 183 Å².